The highest BCUT2D eigenvalue weighted by Gasteiger charge is 2.54. The fourth-order valence-electron chi connectivity index (χ4n) is 5.49. The maximum absolute atomic E-state index is 11.5. The van der Waals surface area contributed by atoms with E-state index in [0.29, 0.717) is 30.2 Å². The van der Waals surface area contributed by atoms with Crippen LogP contribution in [0.2, 0.25) is 0 Å². The summed E-state index contributed by atoms with van der Waals surface area (Å²) in [6.07, 6.45) is 11.3. The molecule has 3 fully saturated rings. The molecule has 180 valence electrons. The largest absolute Gasteiger partial charge is 0.478 e. The highest BCUT2D eigenvalue weighted by atomic mass is 32.2. The number of nitrogens with zero attached hydrogens (tertiary/aromatic N) is 4. The molecule has 0 amide bonds. The Morgan fingerprint density at radius 1 is 1.21 bits per heavy atom. The Morgan fingerprint density at radius 2 is 1.97 bits per heavy atom. The van der Waals surface area contributed by atoms with Crippen LogP contribution in [0.25, 0.3) is 0 Å². The van der Waals surface area contributed by atoms with Gasteiger partial charge >= 0.3 is 0 Å². The molecule has 1 aliphatic heterocycles. The topological polar surface area (TPSA) is 124 Å². The van der Waals surface area contributed by atoms with Gasteiger partial charge in [0.05, 0.1) is 11.5 Å². The van der Waals surface area contributed by atoms with Crippen LogP contribution >= 0.6 is 0 Å². The minimum atomic E-state index is -3.25. The predicted octanol–water partition coefficient (Wildman–Crippen LogP) is 2.93. The van der Waals surface area contributed by atoms with Gasteiger partial charge in [0.1, 0.15) is 0 Å². The van der Waals surface area contributed by atoms with Gasteiger partial charge in [-0.05, 0) is 61.6 Å². The molecule has 0 radical (unpaired) electrons. The van der Waals surface area contributed by atoms with Crippen LogP contribution in [-0.2, 0) is 9.84 Å². The lowest BCUT2D eigenvalue weighted by Crippen LogP contribution is -2.37. The summed E-state index contributed by atoms with van der Waals surface area (Å²) in [7, 11) is -3.25. The smallest absolute Gasteiger partial charge is 0.266 e. The molecule has 2 aliphatic carbocycles. The number of pyridine rings is 1. The second-order valence-corrected chi connectivity index (χ2v) is 12.0. The molecule has 5 rings (SSSR count). The van der Waals surface area contributed by atoms with Gasteiger partial charge in [0.2, 0.25) is 11.8 Å². The van der Waals surface area contributed by atoms with E-state index in [9.17, 15) is 8.42 Å². The Balaban J connectivity index is 1.06. The summed E-state index contributed by atoms with van der Waals surface area (Å²) in [5, 5.41) is 4.25. The number of hydrogen-bond donors (Lipinski definition) is 1. The second kappa shape index (κ2) is 8.87. The van der Waals surface area contributed by atoms with Gasteiger partial charge in [-0.2, -0.15) is 4.98 Å². The zero-order chi connectivity index (χ0) is 23.1. The third-order valence-electron chi connectivity index (χ3n) is 7.66. The molecule has 2 N–H and O–H groups in total. The van der Waals surface area contributed by atoms with Crippen LogP contribution in [0, 0.1) is 11.8 Å². The molecule has 0 bridgehead atoms. The van der Waals surface area contributed by atoms with Crippen LogP contribution in [0.5, 0.6) is 5.88 Å². The average molecular weight is 476 g/mol. The number of nitrogens with two attached hydrogens (primary N) is 1. The van der Waals surface area contributed by atoms with E-state index in [1.54, 1.807) is 6.07 Å². The maximum atomic E-state index is 11.5. The van der Waals surface area contributed by atoms with E-state index in [1.165, 1.54) is 25.1 Å². The van der Waals surface area contributed by atoms with Crippen molar-refractivity contribution in [3.63, 3.8) is 0 Å². The van der Waals surface area contributed by atoms with Gasteiger partial charge in [0.15, 0.2) is 9.84 Å². The van der Waals surface area contributed by atoms with Gasteiger partial charge in [-0.15, -0.1) is 0 Å². The summed E-state index contributed by atoms with van der Waals surface area (Å²) in [5.74, 6) is 3.56. The average Bonchev–Trinajstić information content (AvgIpc) is 3.21. The summed E-state index contributed by atoms with van der Waals surface area (Å²) < 4.78 is 34.3. The van der Waals surface area contributed by atoms with Crippen molar-refractivity contribution < 1.29 is 17.7 Å². The minimum Gasteiger partial charge on any atom is -0.478 e. The molecule has 33 heavy (non-hydrogen) atoms. The van der Waals surface area contributed by atoms with E-state index in [2.05, 4.69) is 20.0 Å². The van der Waals surface area contributed by atoms with Crippen molar-refractivity contribution in [1.82, 2.24) is 15.1 Å². The number of ether oxygens (including phenoxy) is 1. The first-order chi connectivity index (χ1) is 15.8. The van der Waals surface area contributed by atoms with Crippen molar-refractivity contribution in [2.75, 3.05) is 30.9 Å². The third kappa shape index (κ3) is 5.01. The van der Waals surface area contributed by atoms with E-state index >= 15 is 0 Å². The Hall–Kier alpha value is -2.20. The van der Waals surface area contributed by atoms with Crippen LogP contribution in [0.15, 0.2) is 27.7 Å². The highest BCUT2D eigenvalue weighted by molar-refractivity contribution is 7.90. The van der Waals surface area contributed by atoms with Gasteiger partial charge in [-0.1, -0.05) is 12.8 Å². The van der Waals surface area contributed by atoms with Crippen molar-refractivity contribution in [1.29, 1.82) is 0 Å². The SMILES string of the molecule is CS(=O)(=O)c1ccc(OCC[C@]2(N)CC2C2CCN(c3noc(C4CCCC4)n3)CC2)nc1. The molecule has 2 atom stereocenters. The molecular weight excluding hydrogens is 442 g/mol. The van der Waals surface area contributed by atoms with Gasteiger partial charge in [0, 0.05) is 43.1 Å². The lowest BCUT2D eigenvalue weighted by Gasteiger charge is -2.32. The number of anilines is 1. The van der Waals surface area contributed by atoms with Crippen molar-refractivity contribution in [2.45, 2.75) is 67.7 Å². The van der Waals surface area contributed by atoms with Gasteiger partial charge in [-0.25, -0.2) is 13.4 Å². The number of piperidine rings is 1. The van der Waals surface area contributed by atoms with E-state index in [0.717, 1.165) is 69.7 Å². The third-order valence-corrected chi connectivity index (χ3v) is 8.76. The van der Waals surface area contributed by atoms with Crippen molar-refractivity contribution >= 4 is 15.8 Å². The predicted molar refractivity (Wildman–Crippen MR) is 123 cm³/mol. The monoisotopic (exact) mass is 475 g/mol. The standard InChI is InChI=1S/C23H33N5O4S/c1-33(29,30)18-6-7-20(25-15-18)31-13-10-23(24)14-19(23)16-8-11-28(12-9-16)22-26-21(32-27-22)17-4-2-3-5-17/h6-7,15-17,19H,2-5,8-14,24H2,1H3/t19?,23-/m0/s1. The Morgan fingerprint density at radius 3 is 2.64 bits per heavy atom. The summed E-state index contributed by atoms with van der Waals surface area (Å²) >= 11 is 0. The lowest BCUT2D eigenvalue weighted by atomic mass is 9.89. The van der Waals surface area contributed by atoms with Crippen molar-refractivity contribution in [3.05, 3.63) is 24.2 Å². The summed E-state index contributed by atoms with van der Waals surface area (Å²) in [5.41, 5.74) is 6.47. The van der Waals surface area contributed by atoms with Crippen LogP contribution < -0.4 is 15.4 Å². The first kappa shape index (κ1) is 22.6. The molecule has 2 aromatic rings. The van der Waals surface area contributed by atoms with Crippen LogP contribution in [0.1, 0.15) is 63.2 Å². The van der Waals surface area contributed by atoms with Gasteiger partial charge < -0.3 is 19.9 Å². The summed E-state index contributed by atoms with van der Waals surface area (Å²) in [6, 6.07) is 3.11. The molecule has 10 heteroatoms. The molecule has 9 nitrogen and oxygen atoms in total. The molecule has 2 saturated carbocycles. The minimum absolute atomic E-state index is 0.179. The number of hydrogen-bond acceptors (Lipinski definition) is 9. The fourth-order valence-corrected chi connectivity index (χ4v) is 6.05. The summed E-state index contributed by atoms with van der Waals surface area (Å²) in [6.45, 7) is 2.35. The molecule has 0 aromatic carbocycles. The van der Waals surface area contributed by atoms with E-state index < -0.39 is 9.84 Å². The van der Waals surface area contributed by atoms with Crippen LogP contribution in [0.4, 0.5) is 5.95 Å². The molecule has 0 spiro atoms. The molecule has 3 heterocycles. The van der Waals surface area contributed by atoms with Crippen molar-refractivity contribution in [3.8, 4) is 5.88 Å². The first-order valence-corrected chi connectivity index (χ1v) is 13.9. The van der Waals surface area contributed by atoms with Gasteiger partial charge in [0.25, 0.3) is 5.95 Å². The quantitative estimate of drug-likeness (QED) is 0.613. The number of aromatic nitrogens is 3. The van der Waals surface area contributed by atoms with Crippen molar-refractivity contribution in [2.24, 2.45) is 17.6 Å². The maximum Gasteiger partial charge on any atom is 0.266 e. The zero-order valence-electron chi connectivity index (χ0n) is 19.1. The molecule has 3 aliphatic rings. The van der Waals surface area contributed by atoms with Crippen LogP contribution in [-0.4, -0.2) is 55.0 Å². The van der Waals surface area contributed by atoms with E-state index in [-0.39, 0.29) is 10.4 Å². The second-order valence-electron chi connectivity index (χ2n) is 9.99. The molecule has 1 saturated heterocycles. The fraction of sp³-hybridized carbons (Fsp3) is 0.696. The number of sulfone groups is 1. The normalized spacial score (nSPS) is 26.6. The molecule has 2 aromatic heterocycles. The summed E-state index contributed by atoms with van der Waals surface area (Å²) in [4.78, 5) is 11.2. The highest BCUT2D eigenvalue weighted by Crippen LogP contribution is 2.51. The Bertz CT molecular complexity index is 1060. The molecular formula is C23H33N5O4S. The van der Waals surface area contributed by atoms with E-state index in [1.807, 2.05) is 0 Å². The zero-order valence-corrected chi connectivity index (χ0v) is 20.0. The first-order valence-electron chi connectivity index (χ1n) is 12.0. The lowest BCUT2D eigenvalue weighted by molar-refractivity contribution is 0.262. The molecule has 1 unspecified atom stereocenters. The van der Waals surface area contributed by atoms with E-state index in [4.69, 9.17) is 15.0 Å². The Kier molecular flexibility index (Phi) is 6.07. The number of rotatable bonds is 8. The van der Waals surface area contributed by atoms with Crippen LogP contribution in [0.3, 0.4) is 0 Å². The van der Waals surface area contributed by atoms with Gasteiger partial charge in [-0.3, -0.25) is 0 Å². The Labute approximate surface area is 195 Å².